The Balaban J connectivity index is 0.00000361. The van der Waals surface area contributed by atoms with Crippen LogP contribution in [0.2, 0.25) is 0 Å². The second kappa shape index (κ2) is 7.61. The molecule has 112 valence electrons. The van der Waals surface area contributed by atoms with E-state index in [2.05, 4.69) is 5.32 Å². The van der Waals surface area contributed by atoms with Crippen LogP contribution in [0.25, 0.3) is 0 Å². The first-order valence-corrected chi connectivity index (χ1v) is 5.60. The Morgan fingerprint density at radius 3 is 2.65 bits per heavy atom. The third kappa shape index (κ3) is 4.63. The van der Waals surface area contributed by atoms with Gasteiger partial charge in [-0.25, -0.2) is 4.39 Å². The first-order valence-electron chi connectivity index (χ1n) is 5.60. The first kappa shape index (κ1) is 18.1. The highest BCUT2D eigenvalue weighted by atomic mass is 35.5. The highest BCUT2D eigenvalue weighted by Gasteiger charge is 2.21. The molecule has 1 atom stereocenters. The molecule has 1 unspecified atom stereocenters. The van der Waals surface area contributed by atoms with Crippen LogP contribution in [0, 0.1) is 15.9 Å². The van der Waals surface area contributed by atoms with Gasteiger partial charge in [0.25, 0.3) is 11.6 Å². The fraction of sp³-hybridized carbons (Fsp3) is 0.364. The highest BCUT2D eigenvalue weighted by molar-refractivity contribution is 6.01. The molecule has 1 aromatic carbocycles. The molecule has 0 aliphatic heterocycles. The smallest absolute Gasteiger partial charge is 0.295 e. The van der Waals surface area contributed by atoms with E-state index in [9.17, 15) is 19.3 Å². The number of hydrogen-bond acceptors (Lipinski definition) is 5. The second-order valence-corrected chi connectivity index (χ2v) is 4.17. The summed E-state index contributed by atoms with van der Waals surface area (Å²) in [6.45, 7) is 2.05. The number of nitro benzene ring substituents is 1. The molecular formula is C11H16ClFN4O3. The van der Waals surface area contributed by atoms with Crippen molar-refractivity contribution in [2.45, 2.75) is 19.4 Å². The molecule has 5 N–H and O–H groups in total. The largest absolute Gasteiger partial charge is 0.393 e. The average Bonchev–Trinajstić information content (AvgIpc) is 2.30. The summed E-state index contributed by atoms with van der Waals surface area (Å²) in [7, 11) is 0. The second-order valence-electron chi connectivity index (χ2n) is 4.17. The molecule has 20 heavy (non-hydrogen) atoms. The maximum atomic E-state index is 13.2. The molecule has 1 aromatic rings. The van der Waals surface area contributed by atoms with Gasteiger partial charge in [0, 0.05) is 12.6 Å². The van der Waals surface area contributed by atoms with Crippen molar-refractivity contribution in [3.05, 3.63) is 33.6 Å². The molecule has 0 bridgehead atoms. The lowest BCUT2D eigenvalue weighted by Crippen LogP contribution is -2.29. The summed E-state index contributed by atoms with van der Waals surface area (Å²) in [4.78, 5) is 21.6. The van der Waals surface area contributed by atoms with Crippen molar-refractivity contribution >= 4 is 29.7 Å². The van der Waals surface area contributed by atoms with Crippen LogP contribution < -0.4 is 16.8 Å². The van der Waals surface area contributed by atoms with Crippen molar-refractivity contribution in [2.24, 2.45) is 5.73 Å². The summed E-state index contributed by atoms with van der Waals surface area (Å²) in [5.74, 6) is -1.56. The number of anilines is 1. The Hall–Kier alpha value is -1.93. The van der Waals surface area contributed by atoms with Crippen LogP contribution >= 0.6 is 12.4 Å². The number of nitro groups is 1. The minimum absolute atomic E-state index is 0. The average molecular weight is 307 g/mol. The van der Waals surface area contributed by atoms with Gasteiger partial charge >= 0.3 is 0 Å². The number of nitrogen functional groups attached to an aromatic ring is 1. The van der Waals surface area contributed by atoms with E-state index in [0.717, 1.165) is 6.07 Å². The van der Waals surface area contributed by atoms with Gasteiger partial charge in [0.1, 0.15) is 11.5 Å². The van der Waals surface area contributed by atoms with Gasteiger partial charge in [-0.15, -0.1) is 12.4 Å². The van der Waals surface area contributed by atoms with Crippen LogP contribution in [-0.4, -0.2) is 23.4 Å². The molecule has 0 aliphatic carbocycles. The van der Waals surface area contributed by atoms with Crippen molar-refractivity contribution < 1.29 is 14.1 Å². The summed E-state index contributed by atoms with van der Waals surface area (Å²) in [6, 6.07) is 1.44. The molecule has 0 heterocycles. The van der Waals surface area contributed by atoms with E-state index >= 15 is 0 Å². The number of amides is 1. The molecule has 0 saturated carbocycles. The standard InChI is InChI=1S/C11H15FN4O3.ClH/c1-6(13)2-3-15-11(17)8-4-7(12)5-9(10(8)14)16(18)19;/h4-6H,2-3,13-14H2,1H3,(H,15,17);1H. The quantitative estimate of drug-likeness (QED) is 0.428. The number of nitrogens with one attached hydrogen (secondary N) is 1. The van der Waals surface area contributed by atoms with Gasteiger partial charge in [0.05, 0.1) is 16.6 Å². The van der Waals surface area contributed by atoms with Crippen molar-refractivity contribution in [3.63, 3.8) is 0 Å². The Bertz CT molecular complexity index is 511. The van der Waals surface area contributed by atoms with Crippen molar-refractivity contribution in [2.75, 3.05) is 12.3 Å². The molecule has 1 rings (SSSR count). The normalized spacial score (nSPS) is 11.3. The lowest BCUT2D eigenvalue weighted by Gasteiger charge is -2.09. The Morgan fingerprint density at radius 2 is 2.15 bits per heavy atom. The number of halogens is 2. The maximum Gasteiger partial charge on any atom is 0.295 e. The zero-order valence-electron chi connectivity index (χ0n) is 10.8. The third-order valence-corrected chi connectivity index (χ3v) is 2.45. The zero-order valence-corrected chi connectivity index (χ0v) is 11.6. The summed E-state index contributed by atoms with van der Waals surface area (Å²) in [6.07, 6.45) is 0.531. The SMILES string of the molecule is CC(N)CCNC(=O)c1cc(F)cc([N+](=O)[O-])c1N.Cl. The van der Waals surface area contributed by atoms with Crippen LogP contribution in [0.15, 0.2) is 12.1 Å². The number of rotatable bonds is 5. The van der Waals surface area contributed by atoms with Gasteiger partial charge in [-0.05, 0) is 19.4 Å². The van der Waals surface area contributed by atoms with Crippen LogP contribution in [0.5, 0.6) is 0 Å². The number of nitrogens with zero attached hydrogens (tertiary/aromatic N) is 1. The first-order chi connectivity index (χ1) is 8.82. The molecule has 0 fully saturated rings. The molecular weight excluding hydrogens is 291 g/mol. The van der Waals surface area contributed by atoms with Gasteiger partial charge < -0.3 is 16.8 Å². The van der Waals surface area contributed by atoms with Gasteiger partial charge in [0.2, 0.25) is 0 Å². The molecule has 0 spiro atoms. The van der Waals surface area contributed by atoms with E-state index in [1.165, 1.54) is 0 Å². The number of carbonyl (C=O) groups excluding carboxylic acids is 1. The minimum Gasteiger partial charge on any atom is -0.393 e. The predicted octanol–water partition coefficient (Wildman–Crippen LogP) is 1.20. The van der Waals surface area contributed by atoms with E-state index in [1.807, 2.05) is 0 Å². The van der Waals surface area contributed by atoms with E-state index in [0.29, 0.717) is 12.5 Å². The number of benzene rings is 1. The van der Waals surface area contributed by atoms with Crippen LogP contribution in [0.4, 0.5) is 15.8 Å². The van der Waals surface area contributed by atoms with Gasteiger partial charge in [-0.3, -0.25) is 14.9 Å². The lowest BCUT2D eigenvalue weighted by molar-refractivity contribution is -0.384. The fourth-order valence-electron chi connectivity index (χ4n) is 1.45. The minimum atomic E-state index is -0.891. The van der Waals surface area contributed by atoms with E-state index in [4.69, 9.17) is 11.5 Å². The van der Waals surface area contributed by atoms with Crippen LogP contribution in [-0.2, 0) is 0 Å². The molecule has 0 saturated heterocycles. The third-order valence-electron chi connectivity index (χ3n) is 2.45. The lowest BCUT2D eigenvalue weighted by atomic mass is 10.1. The molecule has 7 nitrogen and oxygen atoms in total. The van der Waals surface area contributed by atoms with Gasteiger partial charge in [-0.2, -0.15) is 0 Å². The summed E-state index contributed by atoms with van der Waals surface area (Å²) in [5, 5.41) is 13.1. The van der Waals surface area contributed by atoms with E-state index in [-0.39, 0.29) is 36.2 Å². The fourth-order valence-corrected chi connectivity index (χ4v) is 1.45. The van der Waals surface area contributed by atoms with Gasteiger partial charge in [0.15, 0.2) is 0 Å². The van der Waals surface area contributed by atoms with Crippen LogP contribution in [0.1, 0.15) is 23.7 Å². The van der Waals surface area contributed by atoms with E-state index in [1.54, 1.807) is 6.92 Å². The number of hydrogen-bond donors (Lipinski definition) is 3. The van der Waals surface area contributed by atoms with E-state index < -0.39 is 22.3 Å². The Morgan fingerprint density at radius 1 is 1.55 bits per heavy atom. The molecule has 0 aromatic heterocycles. The van der Waals surface area contributed by atoms with Crippen molar-refractivity contribution in [1.82, 2.24) is 5.32 Å². The molecule has 0 aliphatic rings. The molecule has 0 radical (unpaired) electrons. The summed E-state index contributed by atoms with van der Waals surface area (Å²) >= 11 is 0. The maximum absolute atomic E-state index is 13.2. The Labute approximate surface area is 121 Å². The summed E-state index contributed by atoms with van der Waals surface area (Å²) in [5.41, 5.74) is 9.76. The zero-order chi connectivity index (χ0) is 14.6. The highest BCUT2D eigenvalue weighted by Crippen LogP contribution is 2.26. The number of carbonyl (C=O) groups is 1. The molecule has 1 amide bonds. The molecule has 9 heteroatoms. The number of nitrogens with two attached hydrogens (primary N) is 2. The van der Waals surface area contributed by atoms with Crippen molar-refractivity contribution in [1.29, 1.82) is 0 Å². The summed E-state index contributed by atoms with van der Waals surface area (Å²) < 4.78 is 13.2. The predicted molar refractivity (Wildman–Crippen MR) is 75.3 cm³/mol. The van der Waals surface area contributed by atoms with Gasteiger partial charge in [-0.1, -0.05) is 0 Å². The van der Waals surface area contributed by atoms with Crippen molar-refractivity contribution in [3.8, 4) is 0 Å². The topological polar surface area (TPSA) is 124 Å². The Kier molecular flexibility index (Phi) is 6.87. The monoisotopic (exact) mass is 306 g/mol. The van der Waals surface area contributed by atoms with Crippen LogP contribution in [0.3, 0.4) is 0 Å².